The second-order valence-corrected chi connectivity index (χ2v) is 6.77. The quantitative estimate of drug-likeness (QED) is 0.854. The summed E-state index contributed by atoms with van der Waals surface area (Å²) in [5, 5.41) is 9.27. The van der Waals surface area contributed by atoms with E-state index in [2.05, 4.69) is 0 Å². The van der Waals surface area contributed by atoms with Gasteiger partial charge in [-0.25, -0.2) is 4.79 Å². The lowest BCUT2D eigenvalue weighted by molar-refractivity contribution is -0.142. The van der Waals surface area contributed by atoms with Crippen molar-refractivity contribution in [3.05, 3.63) is 0 Å². The van der Waals surface area contributed by atoms with Crippen LogP contribution in [0.25, 0.3) is 0 Å². The SMILES string of the molecule is CC(C)(C)OC(=O)N1C[C@H](CC2CC2)[C@@H](C(=O)O)C1. The maximum Gasteiger partial charge on any atom is 0.410 e. The second kappa shape index (κ2) is 5.02. The molecule has 5 heteroatoms. The molecule has 1 saturated carbocycles. The zero-order chi connectivity index (χ0) is 14.2. The smallest absolute Gasteiger partial charge is 0.410 e. The Labute approximate surface area is 113 Å². The van der Waals surface area contributed by atoms with Crippen LogP contribution in [0.3, 0.4) is 0 Å². The van der Waals surface area contributed by atoms with Crippen LogP contribution in [0.15, 0.2) is 0 Å². The van der Waals surface area contributed by atoms with Gasteiger partial charge in [0, 0.05) is 13.1 Å². The minimum atomic E-state index is -0.795. The van der Waals surface area contributed by atoms with Crippen LogP contribution in [0.5, 0.6) is 0 Å². The molecule has 0 aromatic carbocycles. The normalized spacial score (nSPS) is 27.4. The molecule has 1 heterocycles. The van der Waals surface area contributed by atoms with Crippen LogP contribution in [0.1, 0.15) is 40.0 Å². The number of carboxylic acids is 1. The van der Waals surface area contributed by atoms with Crippen LogP contribution in [0.2, 0.25) is 0 Å². The molecule has 0 aromatic heterocycles. The average Bonchev–Trinajstić information content (AvgIpc) is 2.92. The van der Waals surface area contributed by atoms with Gasteiger partial charge in [0.05, 0.1) is 5.92 Å². The van der Waals surface area contributed by atoms with Gasteiger partial charge in [0.25, 0.3) is 0 Å². The molecule has 2 fully saturated rings. The fourth-order valence-electron chi connectivity index (χ4n) is 2.65. The number of nitrogens with zero attached hydrogens (tertiary/aromatic N) is 1. The number of ether oxygens (including phenoxy) is 1. The zero-order valence-corrected chi connectivity index (χ0v) is 11.9. The molecule has 2 rings (SSSR count). The van der Waals surface area contributed by atoms with Crippen molar-refractivity contribution in [1.82, 2.24) is 4.90 Å². The number of carboxylic acid groups (broad SMARTS) is 1. The minimum absolute atomic E-state index is 0.0810. The molecule has 1 aliphatic heterocycles. The van der Waals surface area contributed by atoms with Crippen molar-refractivity contribution in [3.8, 4) is 0 Å². The van der Waals surface area contributed by atoms with Crippen molar-refractivity contribution in [3.63, 3.8) is 0 Å². The Morgan fingerprint density at radius 1 is 1.26 bits per heavy atom. The predicted octanol–water partition coefficient (Wildman–Crippen LogP) is 2.35. The van der Waals surface area contributed by atoms with Gasteiger partial charge < -0.3 is 14.7 Å². The first-order valence-corrected chi connectivity index (χ1v) is 6.97. The van der Waals surface area contributed by atoms with Crippen molar-refractivity contribution in [2.45, 2.75) is 45.6 Å². The first-order chi connectivity index (χ1) is 8.76. The van der Waals surface area contributed by atoms with E-state index in [1.54, 1.807) is 4.90 Å². The first kappa shape index (κ1) is 14.2. The molecule has 1 amide bonds. The van der Waals surface area contributed by atoms with E-state index >= 15 is 0 Å². The number of amides is 1. The van der Waals surface area contributed by atoms with Gasteiger partial charge in [-0.2, -0.15) is 0 Å². The largest absolute Gasteiger partial charge is 0.481 e. The van der Waals surface area contributed by atoms with E-state index in [9.17, 15) is 14.7 Å². The molecule has 0 spiro atoms. The second-order valence-electron chi connectivity index (χ2n) is 6.77. The molecule has 0 aromatic rings. The van der Waals surface area contributed by atoms with Crippen LogP contribution in [0.4, 0.5) is 4.79 Å². The van der Waals surface area contributed by atoms with E-state index in [0.717, 1.165) is 6.42 Å². The van der Waals surface area contributed by atoms with E-state index in [-0.39, 0.29) is 12.5 Å². The Morgan fingerprint density at radius 3 is 2.37 bits per heavy atom. The van der Waals surface area contributed by atoms with Crippen LogP contribution < -0.4 is 0 Å². The molecule has 0 radical (unpaired) electrons. The third kappa shape index (κ3) is 3.85. The molecular weight excluding hydrogens is 246 g/mol. The van der Waals surface area contributed by atoms with E-state index < -0.39 is 23.6 Å². The number of likely N-dealkylation sites (tertiary alicyclic amines) is 1. The van der Waals surface area contributed by atoms with Crippen molar-refractivity contribution in [1.29, 1.82) is 0 Å². The number of hydrogen-bond donors (Lipinski definition) is 1. The van der Waals surface area contributed by atoms with Crippen molar-refractivity contribution < 1.29 is 19.4 Å². The van der Waals surface area contributed by atoms with Crippen molar-refractivity contribution in [2.24, 2.45) is 17.8 Å². The van der Waals surface area contributed by atoms with Gasteiger partial charge in [-0.1, -0.05) is 12.8 Å². The standard InChI is InChI=1S/C14H23NO4/c1-14(2,3)19-13(18)15-7-10(6-9-4-5-9)11(8-15)12(16)17/h9-11H,4-8H2,1-3H3,(H,16,17)/t10-,11-/m0/s1. The number of carbonyl (C=O) groups excluding carboxylic acids is 1. The van der Waals surface area contributed by atoms with Gasteiger partial charge >= 0.3 is 12.1 Å². The van der Waals surface area contributed by atoms with Crippen molar-refractivity contribution >= 4 is 12.1 Å². The van der Waals surface area contributed by atoms with E-state index in [1.165, 1.54) is 12.8 Å². The lowest BCUT2D eigenvalue weighted by Crippen LogP contribution is -2.36. The van der Waals surface area contributed by atoms with Gasteiger partial charge in [-0.05, 0) is 39.0 Å². The fourth-order valence-corrected chi connectivity index (χ4v) is 2.65. The van der Waals surface area contributed by atoms with Gasteiger partial charge in [-0.3, -0.25) is 4.79 Å². The summed E-state index contributed by atoms with van der Waals surface area (Å²) in [6, 6.07) is 0. The van der Waals surface area contributed by atoms with Gasteiger partial charge in [0.1, 0.15) is 5.60 Å². The average molecular weight is 269 g/mol. The molecule has 1 saturated heterocycles. The number of rotatable bonds is 3. The summed E-state index contributed by atoms with van der Waals surface area (Å²) < 4.78 is 5.31. The van der Waals surface area contributed by atoms with Crippen LogP contribution in [-0.4, -0.2) is 40.8 Å². The van der Waals surface area contributed by atoms with Crippen LogP contribution in [-0.2, 0) is 9.53 Å². The molecule has 19 heavy (non-hydrogen) atoms. The molecule has 2 aliphatic rings. The summed E-state index contributed by atoms with van der Waals surface area (Å²) in [6.45, 7) is 6.25. The molecule has 0 bridgehead atoms. The topological polar surface area (TPSA) is 66.8 Å². The highest BCUT2D eigenvalue weighted by Gasteiger charge is 2.43. The highest BCUT2D eigenvalue weighted by molar-refractivity contribution is 5.74. The molecule has 0 unspecified atom stereocenters. The highest BCUT2D eigenvalue weighted by atomic mass is 16.6. The summed E-state index contributed by atoms with van der Waals surface area (Å²) in [5.74, 6) is -0.479. The van der Waals surface area contributed by atoms with Crippen LogP contribution in [0, 0.1) is 17.8 Å². The summed E-state index contributed by atoms with van der Waals surface area (Å²) in [5.41, 5.74) is -0.537. The van der Waals surface area contributed by atoms with Crippen molar-refractivity contribution in [2.75, 3.05) is 13.1 Å². The Kier molecular flexibility index (Phi) is 3.74. The van der Waals surface area contributed by atoms with E-state index in [1.807, 2.05) is 20.8 Å². The number of carbonyl (C=O) groups is 2. The summed E-state index contributed by atoms with van der Waals surface area (Å²) in [4.78, 5) is 24.8. The molecule has 2 atom stereocenters. The number of hydrogen-bond acceptors (Lipinski definition) is 3. The van der Waals surface area contributed by atoms with E-state index in [4.69, 9.17) is 4.74 Å². The first-order valence-electron chi connectivity index (χ1n) is 6.97. The third-order valence-corrected chi connectivity index (χ3v) is 3.74. The monoisotopic (exact) mass is 269 g/mol. The Balaban J connectivity index is 1.96. The van der Waals surface area contributed by atoms with E-state index in [0.29, 0.717) is 12.5 Å². The Hall–Kier alpha value is -1.26. The molecule has 1 aliphatic carbocycles. The molecule has 108 valence electrons. The molecule has 1 N–H and O–H groups in total. The van der Waals surface area contributed by atoms with Gasteiger partial charge in [-0.15, -0.1) is 0 Å². The summed E-state index contributed by atoms with van der Waals surface area (Å²) >= 11 is 0. The minimum Gasteiger partial charge on any atom is -0.481 e. The van der Waals surface area contributed by atoms with Crippen LogP contribution >= 0.6 is 0 Å². The van der Waals surface area contributed by atoms with Gasteiger partial charge in [0.2, 0.25) is 0 Å². The lowest BCUT2D eigenvalue weighted by Gasteiger charge is -2.24. The maximum absolute atomic E-state index is 12.0. The Bertz CT molecular complexity index is 370. The zero-order valence-electron chi connectivity index (χ0n) is 11.9. The predicted molar refractivity (Wildman–Crippen MR) is 69.8 cm³/mol. The summed E-state index contributed by atoms with van der Waals surface area (Å²) in [7, 11) is 0. The maximum atomic E-state index is 12.0. The van der Waals surface area contributed by atoms with Gasteiger partial charge in [0.15, 0.2) is 0 Å². The highest BCUT2D eigenvalue weighted by Crippen LogP contribution is 2.40. The molecule has 5 nitrogen and oxygen atoms in total. The lowest BCUT2D eigenvalue weighted by atomic mass is 9.91. The fraction of sp³-hybridized carbons (Fsp3) is 0.857. The molecular formula is C14H23NO4. The third-order valence-electron chi connectivity index (χ3n) is 3.74. The Morgan fingerprint density at radius 2 is 1.89 bits per heavy atom. The summed E-state index contributed by atoms with van der Waals surface area (Å²) in [6.07, 6.45) is 2.94. The number of aliphatic carboxylic acids is 1.